The normalized spacial score (nSPS) is 28.2. The first-order valence-corrected chi connectivity index (χ1v) is 5.98. The molecule has 0 aromatic heterocycles. The van der Waals surface area contributed by atoms with Gasteiger partial charge in [-0.05, 0) is 38.0 Å². The van der Waals surface area contributed by atoms with Crippen molar-refractivity contribution in [1.82, 2.24) is 4.90 Å². The molecule has 2 aliphatic rings. The van der Waals surface area contributed by atoms with E-state index in [1.165, 1.54) is 25.7 Å². The SMILES string of the molecule is NC(=NC1CC1)N1CCCC(CCO)C1. The smallest absolute Gasteiger partial charge is 0.191 e. The summed E-state index contributed by atoms with van der Waals surface area (Å²) in [5.41, 5.74) is 5.96. The van der Waals surface area contributed by atoms with Gasteiger partial charge in [0.05, 0.1) is 6.04 Å². The van der Waals surface area contributed by atoms with Crippen molar-refractivity contribution < 1.29 is 5.11 Å². The lowest BCUT2D eigenvalue weighted by molar-refractivity contribution is 0.197. The van der Waals surface area contributed by atoms with Crippen LogP contribution in [0.2, 0.25) is 0 Å². The van der Waals surface area contributed by atoms with E-state index in [1.54, 1.807) is 0 Å². The Kier molecular flexibility index (Phi) is 3.46. The van der Waals surface area contributed by atoms with E-state index in [1.807, 2.05) is 0 Å². The number of hydrogen-bond donors (Lipinski definition) is 2. The molecule has 0 aromatic rings. The first-order chi connectivity index (χ1) is 7.29. The Balaban J connectivity index is 1.85. The number of aliphatic hydroxyl groups is 1. The number of hydrogen-bond acceptors (Lipinski definition) is 2. The van der Waals surface area contributed by atoms with Gasteiger partial charge in [-0.2, -0.15) is 0 Å². The van der Waals surface area contributed by atoms with Gasteiger partial charge < -0.3 is 15.7 Å². The molecule has 15 heavy (non-hydrogen) atoms. The monoisotopic (exact) mass is 211 g/mol. The Morgan fingerprint density at radius 2 is 2.20 bits per heavy atom. The summed E-state index contributed by atoms with van der Waals surface area (Å²) in [6.45, 7) is 2.30. The van der Waals surface area contributed by atoms with Gasteiger partial charge in [0.1, 0.15) is 0 Å². The van der Waals surface area contributed by atoms with Crippen molar-refractivity contribution in [3.8, 4) is 0 Å². The zero-order valence-electron chi connectivity index (χ0n) is 9.23. The molecule has 4 nitrogen and oxygen atoms in total. The summed E-state index contributed by atoms with van der Waals surface area (Å²) in [6.07, 6.45) is 5.69. The average molecular weight is 211 g/mol. The summed E-state index contributed by atoms with van der Waals surface area (Å²) in [5.74, 6) is 1.32. The molecule has 2 rings (SSSR count). The Morgan fingerprint density at radius 1 is 1.40 bits per heavy atom. The molecular formula is C11H21N3O. The predicted molar refractivity (Wildman–Crippen MR) is 60.6 cm³/mol. The molecule has 4 heteroatoms. The summed E-state index contributed by atoms with van der Waals surface area (Å²) in [4.78, 5) is 6.65. The number of piperidine rings is 1. The van der Waals surface area contributed by atoms with Crippen LogP contribution in [0.3, 0.4) is 0 Å². The number of aliphatic imine (C=N–C) groups is 1. The molecule has 0 bridgehead atoms. The van der Waals surface area contributed by atoms with Gasteiger partial charge in [-0.25, -0.2) is 4.99 Å². The van der Waals surface area contributed by atoms with Crippen LogP contribution in [0, 0.1) is 5.92 Å². The second kappa shape index (κ2) is 4.84. The van der Waals surface area contributed by atoms with Crippen molar-refractivity contribution in [3.05, 3.63) is 0 Å². The molecule has 0 amide bonds. The summed E-state index contributed by atoms with van der Waals surface area (Å²) in [6, 6.07) is 0.503. The van der Waals surface area contributed by atoms with Gasteiger partial charge >= 0.3 is 0 Å². The van der Waals surface area contributed by atoms with E-state index in [2.05, 4.69) is 9.89 Å². The molecule has 1 atom stereocenters. The maximum absolute atomic E-state index is 8.92. The number of rotatable bonds is 3. The standard InChI is InChI=1S/C11H21N3O/c12-11(13-10-3-4-10)14-6-1-2-9(8-14)5-7-15/h9-10,15H,1-8H2,(H2,12,13). The minimum absolute atomic E-state index is 0.290. The van der Waals surface area contributed by atoms with E-state index in [9.17, 15) is 0 Å². The second-order valence-electron chi connectivity index (χ2n) is 4.69. The fourth-order valence-corrected chi connectivity index (χ4v) is 2.16. The van der Waals surface area contributed by atoms with E-state index in [0.29, 0.717) is 12.0 Å². The third-order valence-electron chi connectivity index (χ3n) is 3.24. The summed E-state index contributed by atoms with van der Waals surface area (Å²) < 4.78 is 0. The molecule has 86 valence electrons. The number of nitrogens with two attached hydrogens (primary N) is 1. The highest BCUT2D eigenvalue weighted by molar-refractivity contribution is 5.78. The number of likely N-dealkylation sites (tertiary alicyclic amines) is 1. The minimum atomic E-state index is 0.290. The van der Waals surface area contributed by atoms with Gasteiger partial charge in [0, 0.05) is 19.7 Å². The fraction of sp³-hybridized carbons (Fsp3) is 0.909. The van der Waals surface area contributed by atoms with E-state index >= 15 is 0 Å². The Hall–Kier alpha value is -0.770. The average Bonchev–Trinajstić information content (AvgIpc) is 3.03. The molecule has 1 unspecified atom stereocenters. The summed E-state index contributed by atoms with van der Waals surface area (Å²) in [7, 11) is 0. The van der Waals surface area contributed by atoms with Crippen LogP contribution in [0.25, 0.3) is 0 Å². The summed E-state index contributed by atoms with van der Waals surface area (Å²) in [5, 5.41) is 8.92. The molecule has 0 radical (unpaired) electrons. The predicted octanol–water partition coefficient (Wildman–Crippen LogP) is 0.558. The highest BCUT2D eigenvalue weighted by Gasteiger charge is 2.24. The molecule has 2 fully saturated rings. The maximum atomic E-state index is 8.92. The molecule has 0 aromatic carbocycles. The van der Waals surface area contributed by atoms with E-state index in [4.69, 9.17) is 10.8 Å². The molecule has 1 saturated heterocycles. The quantitative estimate of drug-likeness (QED) is 0.529. The van der Waals surface area contributed by atoms with E-state index in [0.717, 1.165) is 25.5 Å². The molecule has 1 aliphatic heterocycles. The van der Waals surface area contributed by atoms with Crippen molar-refractivity contribution >= 4 is 5.96 Å². The Morgan fingerprint density at radius 3 is 2.87 bits per heavy atom. The van der Waals surface area contributed by atoms with Gasteiger partial charge in [-0.3, -0.25) is 0 Å². The van der Waals surface area contributed by atoms with Crippen LogP contribution >= 0.6 is 0 Å². The molecule has 3 N–H and O–H groups in total. The first kappa shape index (κ1) is 10.7. The van der Waals surface area contributed by atoms with Crippen molar-refractivity contribution in [2.75, 3.05) is 19.7 Å². The van der Waals surface area contributed by atoms with Crippen LogP contribution in [0.4, 0.5) is 0 Å². The van der Waals surface area contributed by atoms with Crippen LogP contribution in [-0.2, 0) is 0 Å². The van der Waals surface area contributed by atoms with Crippen LogP contribution in [0.15, 0.2) is 4.99 Å². The number of aliphatic hydroxyl groups excluding tert-OH is 1. The topological polar surface area (TPSA) is 61.8 Å². The summed E-state index contributed by atoms with van der Waals surface area (Å²) >= 11 is 0. The van der Waals surface area contributed by atoms with E-state index in [-0.39, 0.29) is 6.61 Å². The van der Waals surface area contributed by atoms with Crippen LogP contribution in [0.1, 0.15) is 32.1 Å². The third-order valence-corrected chi connectivity index (χ3v) is 3.24. The van der Waals surface area contributed by atoms with E-state index < -0.39 is 0 Å². The molecule has 1 aliphatic carbocycles. The fourth-order valence-electron chi connectivity index (χ4n) is 2.16. The largest absolute Gasteiger partial charge is 0.396 e. The lowest BCUT2D eigenvalue weighted by Gasteiger charge is -2.33. The maximum Gasteiger partial charge on any atom is 0.191 e. The highest BCUT2D eigenvalue weighted by atomic mass is 16.3. The van der Waals surface area contributed by atoms with Crippen LogP contribution in [0.5, 0.6) is 0 Å². The van der Waals surface area contributed by atoms with Crippen molar-refractivity contribution in [2.24, 2.45) is 16.6 Å². The zero-order chi connectivity index (χ0) is 10.7. The Labute approximate surface area is 91.2 Å². The van der Waals surface area contributed by atoms with Gasteiger partial charge in [0.2, 0.25) is 0 Å². The van der Waals surface area contributed by atoms with Crippen molar-refractivity contribution in [2.45, 2.75) is 38.1 Å². The van der Waals surface area contributed by atoms with Gasteiger partial charge in [-0.15, -0.1) is 0 Å². The van der Waals surface area contributed by atoms with Gasteiger partial charge in [0.15, 0.2) is 5.96 Å². The van der Waals surface area contributed by atoms with Gasteiger partial charge in [-0.1, -0.05) is 0 Å². The molecule has 1 saturated carbocycles. The lowest BCUT2D eigenvalue weighted by atomic mass is 9.95. The molecular weight excluding hydrogens is 190 g/mol. The number of guanidine groups is 1. The molecule has 0 spiro atoms. The molecule has 1 heterocycles. The third kappa shape index (κ3) is 3.09. The second-order valence-corrected chi connectivity index (χ2v) is 4.69. The van der Waals surface area contributed by atoms with Crippen LogP contribution in [-0.4, -0.2) is 41.7 Å². The number of nitrogens with zero attached hydrogens (tertiary/aromatic N) is 2. The van der Waals surface area contributed by atoms with Gasteiger partial charge in [0.25, 0.3) is 0 Å². The van der Waals surface area contributed by atoms with Crippen molar-refractivity contribution in [1.29, 1.82) is 0 Å². The van der Waals surface area contributed by atoms with Crippen molar-refractivity contribution in [3.63, 3.8) is 0 Å². The van der Waals surface area contributed by atoms with Crippen LogP contribution < -0.4 is 5.73 Å². The first-order valence-electron chi connectivity index (χ1n) is 5.98. The Bertz CT molecular complexity index is 236. The lowest BCUT2D eigenvalue weighted by Crippen LogP contribution is -2.44. The minimum Gasteiger partial charge on any atom is -0.396 e. The zero-order valence-corrected chi connectivity index (χ0v) is 9.23. The highest BCUT2D eigenvalue weighted by Crippen LogP contribution is 2.24.